The molecule has 4 aromatic rings. The molecule has 0 atom stereocenters. The van der Waals surface area contributed by atoms with Gasteiger partial charge in [-0.2, -0.15) is 0 Å². The highest BCUT2D eigenvalue weighted by Crippen LogP contribution is 2.27. The zero-order chi connectivity index (χ0) is 23.5. The molecule has 1 N–H and O–H groups in total. The van der Waals surface area contributed by atoms with Crippen LogP contribution in [-0.4, -0.2) is 42.2 Å². The third-order valence-corrected chi connectivity index (χ3v) is 6.04. The van der Waals surface area contributed by atoms with Crippen molar-refractivity contribution < 1.29 is 9.53 Å². The first-order valence-corrected chi connectivity index (χ1v) is 11.6. The molecule has 0 radical (unpaired) electrons. The summed E-state index contributed by atoms with van der Waals surface area (Å²) >= 11 is 0. The molecule has 2 aromatic carbocycles. The van der Waals surface area contributed by atoms with Gasteiger partial charge in [-0.15, -0.1) is 0 Å². The van der Waals surface area contributed by atoms with Crippen molar-refractivity contribution in [2.75, 3.05) is 36.5 Å². The van der Waals surface area contributed by atoms with Gasteiger partial charge in [0.15, 0.2) is 0 Å². The van der Waals surface area contributed by atoms with Crippen LogP contribution in [0, 0.1) is 13.8 Å². The van der Waals surface area contributed by atoms with Crippen molar-refractivity contribution in [3.05, 3.63) is 83.6 Å². The molecule has 1 aliphatic rings. The molecule has 34 heavy (non-hydrogen) atoms. The highest BCUT2D eigenvalue weighted by molar-refractivity contribution is 5.95. The number of nitrogens with zero attached hydrogens (tertiary/aromatic N) is 3. The van der Waals surface area contributed by atoms with Crippen LogP contribution in [0.3, 0.4) is 0 Å². The first-order valence-electron chi connectivity index (χ1n) is 11.6. The Hall–Kier alpha value is -3.77. The van der Waals surface area contributed by atoms with Gasteiger partial charge in [0, 0.05) is 35.4 Å². The van der Waals surface area contributed by atoms with E-state index in [1.54, 1.807) is 0 Å². The van der Waals surface area contributed by atoms with Gasteiger partial charge in [-0.3, -0.25) is 4.79 Å². The number of hydrogen-bond donors (Lipinski definition) is 1. The summed E-state index contributed by atoms with van der Waals surface area (Å²) in [5, 5.41) is 3.95. The molecule has 0 saturated carbocycles. The van der Waals surface area contributed by atoms with E-state index < -0.39 is 0 Å². The second kappa shape index (κ2) is 9.61. The molecule has 6 nitrogen and oxygen atoms in total. The van der Waals surface area contributed by atoms with E-state index in [4.69, 9.17) is 9.72 Å². The number of pyridine rings is 2. The van der Waals surface area contributed by atoms with Crippen LogP contribution < -0.4 is 10.2 Å². The maximum atomic E-state index is 12.8. The molecule has 0 unspecified atom stereocenters. The number of carbonyl (C=O) groups is 1. The first-order chi connectivity index (χ1) is 16.5. The van der Waals surface area contributed by atoms with Crippen LogP contribution in [0.1, 0.15) is 16.8 Å². The van der Waals surface area contributed by atoms with Gasteiger partial charge < -0.3 is 15.0 Å². The van der Waals surface area contributed by atoms with Crippen LogP contribution in [0.5, 0.6) is 0 Å². The Labute approximate surface area is 199 Å². The zero-order valence-electron chi connectivity index (χ0n) is 19.5. The maximum absolute atomic E-state index is 12.8. The molecule has 0 spiro atoms. The molecule has 1 saturated heterocycles. The van der Waals surface area contributed by atoms with Gasteiger partial charge in [0.1, 0.15) is 5.82 Å². The topological polar surface area (TPSA) is 67.4 Å². The predicted molar refractivity (Wildman–Crippen MR) is 136 cm³/mol. The number of aromatic nitrogens is 2. The normalized spacial score (nSPS) is 13.8. The van der Waals surface area contributed by atoms with Gasteiger partial charge in [0.05, 0.1) is 30.8 Å². The Morgan fingerprint density at radius 3 is 2.62 bits per heavy atom. The number of aryl methyl sites for hydroxylation is 2. The van der Waals surface area contributed by atoms with Gasteiger partial charge in [0.2, 0.25) is 5.91 Å². The molecule has 1 aliphatic heterocycles. The minimum absolute atomic E-state index is 0.105. The van der Waals surface area contributed by atoms with Crippen molar-refractivity contribution in [2.24, 2.45) is 0 Å². The second-order valence-corrected chi connectivity index (χ2v) is 8.73. The second-order valence-electron chi connectivity index (χ2n) is 8.73. The molecule has 1 fully saturated rings. The Balaban J connectivity index is 1.42. The number of amides is 1. The number of nitrogens with one attached hydrogen (secondary N) is 1. The monoisotopic (exact) mass is 452 g/mol. The molecule has 0 bridgehead atoms. The van der Waals surface area contributed by atoms with Crippen molar-refractivity contribution in [2.45, 2.75) is 20.3 Å². The lowest BCUT2D eigenvalue weighted by molar-refractivity contribution is -0.115. The van der Waals surface area contributed by atoms with Crippen molar-refractivity contribution in [3.63, 3.8) is 0 Å². The number of rotatable bonds is 5. The van der Waals surface area contributed by atoms with Crippen LogP contribution in [0.2, 0.25) is 0 Å². The standard InChI is InChI=1S/C28H28N4O2/c1-19-15-20(2)29-26(16-19)31-27(33)18-23-7-3-5-21-9-10-25(30-28(21)23)22-6-4-8-24(17-22)32-11-13-34-14-12-32/h3-10,15-17H,11-14,18H2,1-2H3,(H,29,31,33). The fourth-order valence-electron chi connectivity index (χ4n) is 4.46. The molecule has 2 aromatic heterocycles. The van der Waals surface area contributed by atoms with Gasteiger partial charge >= 0.3 is 0 Å². The zero-order valence-corrected chi connectivity index (χ0v) is 19.5. The predicted octanol–water partition coefficient (Wildman–Crippen LogP) is 4.93. The summed E-state index contributed by atoms with van der Waals surface area (Å²) in [6, 6.07) is 22.4. The van der Waals surface area contributed by atoms with E-state index in [1.807, 2.05) is 50.2 Å². The van der Waals surface area contributed by atoms with E-state index in [-0.39, 0.29) is 12.3 Å². The average molecular weight is 453 g/mol. The highest BCUT2D eigenvalue weighted by atomic mass is 16.5. The molecule has 1 amide bonds. The fraction of sp³-hybridized carbons (Fsp3) is 0.250. The summed E-state index contributed by atoms with van der Waals surface area (Å²) in [6.07, 6.45) is 0.232. The van der Waals surface area contributed by atoms with E-state index in [2.05, 4.69) is 45.5 Å². The maximum Gasteiger partial charge on any atom is 0.230 e. The Kier molecular flexibility index (Phi) is 6.23. The molecular formula is C28H28N4O2. The number of para-hydroxylation sites is 1. The number of carbonyl (C=O) groups excluding carboxylic acids is 1. The van der Waals surface area contributed by atoms with Gasteiger partial charge in [0.25, 0.3) is 0 Å². The molecule has 172 valence electrons. The van der Waals surface area contributed by atoms with Crippen LogP contribution >= 0.6 is 0 Å². The van der Waals surface area contributed by atoms with Gasteiger partial charge in [-0.25, -0.2) is 9.97 Å². The lowest BCUT2D eigenvalue weighted by atomic mass is 10.0. The first kappa shape index (κ1) is 22.0. The van der Waals surface area contributed by atoms with Gasteiger partial charge in [-0.05, 0) is 55.3 Å². The molecule has 5 rings (SSSR count). The summed E-state index contributed by atoms with van der Waals surface area (Å²) in [5.74, 6) is 0.475. The van der Waals surface area contributed by atoms with Crippen molar-refractivity contribution in [3.8, 4) is 11.3 Å². The summed E-state index contributed by atoms with van der Waals surface area (Å²) in [6.45, 7) is 7.21. The number of benzene rings is 2. The lowest BCUT2D eigenvalue weighted by Gasteiger charge is -2.29. The van der Waals surface area contributed by atoms with Crippen molar-refractivity contribution in [1.82, 2.24) is 9.97 Å². The quantitative estimate of drug-likeness (QED) is 0.465. The van der Waals surface area contributed by atoms with E-state index >= 15 is 0 Å². The largest absolute Gasteiger partial charge is 0.378 e. The van der Waals surface area contributed by atoms with E-state index in [0.29, 0.717) is 5.82 Å². The molecular weight excluding hydrogens is 424 g/mol. The van der Waals surface area contributed by atoms with Crippen molar-refractivity contribution in [1.29, 1.82) is 0 Å². The lowest BCUT2D eigenvalue weighted by Crippen LogP contribution is -2.36. The molecule has 3 heterocycles. The molecule has 6 heteroatoms. The average Bonchev–Trinajstić information content (AvgIpc) is 2.84. The Morgan fingerprint density at radius 1 is 0.971 bits per heavy atom. The molecule has 0 aliphatic carbocycles. The van der Waals surface area contributed by atoms with E-state index in [0.717, 1.165) is 65.3 Å². The SMILES string of the molecule is Cc1cc(C)nc(NC(=O)Cc2cccc3ccc(-c4cccc(N5CCOCC5)c4)nc23)c1. The fourth-order valence-corrected chi connectivity index (χ4v) is 4.46. The van der Waals surface area contributed by atoms with Crippen LogP contribution in [0.25, 0.3) is 22.2 Å². The van der Waals surface area contributed by atoms with Crippen LogP contribution in [-0.2, 0) is 16.0 Å². The number of morpholine rings is 1. The van der Waals surface area contributed by atoms with E-state index in [9.17, 15) is 4.79 Å². The van der Waals surface area contributed by atoms with Crippen LogP contribution in [0.15, 0.2) is 66.7 Å². The Morgan fingerprint density at radius 2 is 1.79 bits per heavy atom. The minimum Gasteiger partial charge on any atom is -0.378 e. The number of fused-ring (bicyclic) bond motifs is 1. The smallest absolute Gasteiger partial charge is 0.230 e. The van der Waals surface area contributed by atoms with Crippen molar-refractivity contribution >= 4 is 28.3 Å². The number of anilines is 2. The Bertz CT molecular complexity index is 1330. The number of hydrogen-bond acceptors (Lipinski definition) is 5. The van der Waals surface area contributed by atoms with Gasteiger partial charge in [-0.1, -0.05) is 36.4 Å². The summed E-state index contributed by atoms with van der Waals surface area (Å²) < 4.78 is 5.49. The third kappa shape index (κ3) is 4.92. The number of ether oxygens (including phenoxy) is 1. The summed E-state index contributed by atoms with van der Waals surface area (Å²) in [7, 11) is 0. The third-order valence-electron chi connectivity index (χ3n) is 6.04. The highest BCUT2D eigenvalue weighted by Gasteiger charge is 2.14. The summed E-state index contributed by atoms with van der Waals surface area (Å²) in [5.41, 5.74) is 6.82. The van der Waals surface area contributed by atoms with Crippen LogP contribution in [0.4, 0.5) is 11.5 Å². The van der Waals surface area contributed by atoms with E-state index in [1.165, 1.54) is 5.69 Å². The minimum atomic E-state index is -0.105. The summed E-state index contributed by atoms with van der Waals surface area (Å²) in [4.78, 5) is 24.6.